The van der Waals surface area contributed by atoms with E-state index in [1.807, 2.05) is 42.5 Å². The Morgan fingerprint density at radius 2 is 1.92 bits per heavy atom. The van der Waals surface area contributed by atoms with Crippen molar-refractivity contribution in [3.8, 4) is 11.3 Å². The number of ketones is 1. The van der Waals surface area contributed by atoms with Crippen LogP contribution < -0.4 is 0 Å². The highest BCUT2D eigenvalue weighted by atomic mass is 16.5. The summed E-state index contributed by atoms with van der Waals surface area (Å²) in [5, 5.41) is 0. The molecule has 128 valence electrons. The number of methoxy groups -OCH3 is 1. The lowest BCUT2D eigenvalue weighted by atomic mass is 10.1. The molecule has 0 saturated carbocycles. The Balaban J connectivity index is 1.62. The number of benzene rings is 2. The van der Waals surface area contributed by atoms with Gasteiger partial charge in [0.05, 0.1) is 12.7 Å². The summed E-state index contributed by atoms with van der Waals surface area (Å²) in [5.41, 5.74) is 3.76. The third-order valence-electron chi connectivity index (χ3n) is 4.45. The van der Waals surface area contributed by atoms with Gasteiger partial charge in [-0.25, -0.2) is 4.79 Å². The second-order valence-electron chi connectivity index (χ2n) is 6.11. The number of hydrogen-bond acceptors (Lipinski definition) is 4. The number of allylic oxidation sites excluding steroid dienone is 1. The molecule has 0 bridgehead atoms. The smallest absolute Gasteiger partial charge is 0.337 e. The van der Waals surface area contributed by atoms with E-state index in [2.05, 4.69) is 0 Å². The van der Waals surface area contributed by atoms with Crippen LogP contribution in [0.5, 0.6) is 0 Å². The molecular formula is C22H16O4. The number of furan rings is 1. The van der Waals surface area contributed by atoms with Gasteiger partial charge in [-0.1, -0.05) is 36.4 Å². The monoisotopic (exact) mass is 344 g/mol. The Hall–Kier alpha value is -3.40. The minimum absolute atomic E-state index is 0.0474. The molecule has 4 rings (SSSR count). The first kappa shape index (κ1) is 16.1. The number of Topliss-reactive ketones (excluding diaryl/α,β-unsaturated/α-hetero) is 1. The zero-order valence-corrected chi connectivity index (χ0v) is 14.2. The first-order chi connectivity index (χ1) is 12.7. The molecule has 1 heterocycles. The van der Waals surface area contributed by atoms with E-state index in [-0.39, 0.29) is 5.78 Å². The summed E-state index contributed by atoms with van der Waals surface area (Å²) in [6.07, 6.45) is 2.40. The second kappa shape index (κ2) is 6.48. The van der Waals surface area contributed by atoms with Gasteiger partial charge in [-0.2, -0.15) is 0 Å². The molecule has 26 heavy (non-hydrogen) atoms. The predicted octanol–water partition coefficient (Wildman–Crippen LogP) is 4.56. The molecule has 1 aliphatic rings. The highest BCUT2D eigenvalue weighted by Gasteiger charge is 2.24. The van der Waals surface area contributed by atoms with E-state index in [1.165, 1.54) is 7.11 Å². The largest absolute Gasteiger partial charge is 0.465 e. The average molecular weight is 344 g/mol. The molecular weight excluding hydrogens is 328 g/mol. The van der Waals surface area contributed by atoms with Crippen LogP contribution in [-0.4, -0.2) is 18.9 Å². The van der Waals surface area contributed by atoms with Gasteiger partial charge in [-0.3, -0.25) is 4.79 Å². The Morgan fingerprint density at radius 3 is 2.73 bits per heavy atom. The number of rotatable bonds is 3. The summed E-state index contributed by atoms with van der Waals surface area (Å²) >= 11 is 0. The minimum Gasteiger partial charge on any atom is -0.465 e. The van der Waals surface area contributed by atoms with Crippen molar-refractivity contribution in [1.29, 1.82) is 0 Å². The van der Waals surface area contributed by atoms with Crippen LogP contribution in [0.4, 0.5) is 0 Å². The van der Waals surface area contributed by atoms with E-state index in [4.69, 9.17) is 9.15 Å². The van der Waals surface area contributed by atoms with Crippen molar-refractivity contribution in [3.05, 3.63) is 88.7 Å². The number of hydrogen-bond donors (Lipinski definition) is 0. The summed E-state index contributed by atoms with van der Waals surface area (Å²) in [6, 6.07) is 18.3. The molecule has 0 amide bonds. The molecule has 0 radical (unpaired) electrons. The van der Waals surface area contributed by atoms with Crippen LogP contribution >= 0.6 is 0 Å². The molecule has 1 aliphatic carbocycles. The quantitative estimate of drug-likeness (QED) is 0.516. The van der Waals surface area contributed by atoms with E-state index in [1.54, 1.807) is 24.3 Å². The molecule has 0 fully saturated rings. The molecule has 1 aromatic heterocycles. The summed E-state index contributed by atoms with van der Waals surface area (Å²) in [4.78, 5) is 24.1. The zero-order valence-electron chi connectivity index (χ0n) is 14.2. The van der Waals surface area contributed by atoms with Gasteiger partial charge >= 0.3 is 5.97 Å². The number of esters is 1. The molecule has 0 saturated heterocycles. The molecule has 0 N–H and O–H groups in total. The molecule has 4 heteroatoms. The molecule has 0 atom stereocenters. The summed E-state index contributed by atoms with van der Waals surface area (Å²) in [7, 11) is 1.35. The van der Waals surface area contributed by atoms with Crippen LogP contribution in [0.3, 0.4) is 0 Å². The fourth-order valence-corrected chi connectivity index (χ4v) is 3.15. The lowest BCUT2D eigenvalue weighted by molar-refractivity contribution is 0.0600. The van der Waals surface area contributed by atoms with Crippen molar-refractivity contribution < 1.29 is 18.7 Å². The fraction of sp³-hybridized carbons (Fsp3) is 0.0909. The van der Waals surface area contributed by atoms with Crippen LogP contribution in [0.1, 0.15) is 32.0 Å². The van der Waals surface area contributed by atoms with Gasteiger partial charge in [-0.15, -0.1) is 0 Å². The van der Waals surface area contributed by atoms with Crippen LogP contribution in [0.25, 0.3) is 17.4 Å². The van der Waals surface area contributed by atoms with Gasteiger partial charge in [0, 0.05) is 23.1 Å². The van der Waals surface area contributed by atoms with E-state index < -0.39 is 5.97 Å². The first-order valence-corrected chi connectivity index (χ1v) is 8.27. The maximum Gasteiger partial charge on any atom is 0.337 e. The molecule has 0 spiro atoms. The Labute approximate surface area is 150 Å². The Kier molecular flexibility index (Phi) is 4.01. The molecule has 0 aliphatic heterocycles. The topological polar surface area (TPSA) is 56.5 Å². The second-order valence-corrected chi connectivity index (χ2v) is 6.11. The van der Waals surface area contributed by atoms with Gasteiger partial charge in [0.25, 0.3) is 0 Å². The van der Waals surface area contributed by atoms with Crippen molar-refractivity contribution in [2.45, 2.75) is 6.42 Å². The summed E-state index contributed by atoms with van der Waals surface area (Å²) in [6.45, 7) is 0. The van der Waals surface area contributed by atoms with Crippen molar-refractivity contribution >= 4 is 17.8 Å². The zero-order chi connectivity index (χ0) is 18.1. The SMILES string of the molecule is COC(=O)c1cccc(-c2ccc(/C=C3\Cc4ccccc4C3=O)o2)c1. The number of carbonyl (C=O) groups excluding carboxylic acids is 2. The van der Waals surface area contributed by atoms with Gasteiger partial charge in [0.15, 0.2) is 5.78 Å². The summed E-state index contributed by atoms with van der Waals surface area (Å²) < 4.78 is 10.6. The highest BCUT2D eigenvalue weighted by Crippen LogP contribution is 2.29. The van der Waals surface area contributed by atoms with Crippen LogP contribution in [0.15, 0.2) is 70.7 Å². The average Bonchev–Trinajstić information content (AvgIpc) is 3.27. The third kappa shape index (κ3) is 2.86. The number of ether oxygens (including phenoxy) is 1. The van der Waals surface area contributed by atoms with Crippen molar-refractivity contribution in [2.75, 3.05) is 7.11 Å². The van der Waals surface area contributed by atoms with E-state index in [9.17, 15) is 9.59 Å². The number of carbonyl (C=O) groups is 2. The lowest BCUT2D eigenvalue weighted by Gasteiger charge is -2.01. The van der Waals surface area contributed by atoms with E-state index in [0.717, 1.165) is 22.3 Å². The highest BCUT2D eigenvalue weighted by molar-refractivity contribution is 6.15. The fourth-order valence-electron chi connectivity index (χ4n) is 3.15. The maximum atomic E-state index is 12.5. The van der Waals surface area contributed by atoms with Crippen LogP contribution in [0, 0.1) is 0 Å². The van der Waals surface area contributed by atoms with Crippen molar-refractivity contribution in [3.63, 3.8) is 0 Å². The van der Waals surface area contributed by atoms with Crippen LogP contribution in [0.2, 0.25) is 0 Å². The predicted molar refractivity (Wildman–Crippen MR) is 97.9 cm³/mol. The lowest BCUT2D eigenvalue weighted by Crippen LogP contribution is -2.00. The minimum atomic E-state index is -0.393. The summed E-state index contributed by atoms with van der Waals surface area (Å²) in [5.74, 6) is 0.895. The standard InChI is InChI=1S/C22H16O4/c1-25-22(24)16-7-4-6-15(12-16)20-10-9-18(26-20)13-17-11-14-5-2-3-8-19(14)21(17)23/h2-10,12-13H,11H2,1H3/b17-13+. The third-order valence-corrected chi connectivity index (χ3v) is 4.45. The maximum absolute atomic E-state index is 12.5. The Morgan fingerprint density at radius 1 is 1.08 bits per heavy atom. The molecule has 2 aromatic carbocycles. The molecule has 3 aromatic rings. The van der Waals surface area contributed by atoms with Gasteiger partial charge in [0.2, 0.25) is 0 Å². The normalized spacial score (nSPS) is 14.5. The Bertz CT molecular complexity index is 1040. The van der Waals surface area contributed by atoms with Gasteiger partial charge in [0.1, 0.15) is 11.5 Å². The van der Waals surface area contributed by atoms with Crippen molar-refractivity contribution in [1.82, 2.24) is 0 Å². The molecule has 0 unspecified atom stereocenters. The number of fused-ring (bicyclic) bond motifs is 1. The van der Waals surface area contributed by atoms with Gasteiger partial charge in [-0.05, 0) is 35.9 Å². The van der Waals surface area contributed by atoms with Crippen molar-refractivity contribution in [2.24, 2.45) is 0 Å². The van der Waals surface area contributed by atoms with Crippen LogP contribution in [-0.2, 0) is 11.2 Å². The first-order valence-electron chi connectivity index (χ1n) is 8.27. The van der Waals surface area contributed by atoms with E-state index in [0.29, 0.717) is 23.5 Å². The van der Waals surface area contributed by atoms with Gasteiger partial charge < -0.3 is 9.15 Å². The van der Waals surface area contributed by atoms with E-state index >= 15 is 0 Å². The molecule has 4 nitrogen and oxygen atoms in total.